The van der Waals surface area contributed by atoms with E-state index in [1.54, 1.807) is 0 Å². The Kier molecular flexibility index (Phi) is 5.08. The van der Waals surface area contributed by atoms with Crippen LogP contribution in [0.5, 0.6) is 0 Å². The van der Waals surface area contributed by atoms with Crippen LogP contribution in [0.4, 0.5) is 4.79 Å². The lowest BCUT2D eigenvalue weighted by Gasteiger charge is -2.30. The van der Waals surface area contributed by atoms with Gasteiger partial charge < -0.3 is 15.1 Å². The van der Waals surface area contributed by atoms with E-state index in [1.807, 2.05) is 39.8 Å². The van der Waals surface area contributed by atoms with E-state index in [9.17, 15) is 13.2 Å². The van der Waals surface area contributed by atoms with Gasteiger partial charge in [-0.05, 0) is 37.3 Å². The largest absolute Gasteiger partial charge is 0.464 e. The maximum Gasteiger partial charge on any atom is 0.315 e. The number of furan rings is 1. The third-order valence-electron chi connectivity index (χ3n) is 4.14. The highest BCUT2D eigenvalue weighted by Gasteiger charge is 2.33. The first-order valence-corrected chi connectivity index (χ1v) is 9.63. The van der Waals surface area contributed by atoms with Crippen LogP contribution in [0.3, 0.4) is 0 Å². The Balaban J connectivity index is 1.98. The molecule has 7 heteroatoms. The van der Waals surface area contributed by atoms with Gasteiger partial charge in [-0.15, -0.1) is 0 Å². The summed E-state index contributed by atoms with van der Waals surface area (Å²) in [5.74, 6) is 1.70. The molecule has 1 aliphatic heterocycles. The van der Waals surface area contributed by atoms with Crippen molar-refractivity contribution in [2.45, 2.75) is 51.8 Å². The quantitative estimate of drug-likeness (QED) is 0.880. The topological polar surface area (TPSA) is 88.4 Å². The zero-order valence-corrected chi connectivity index (χ0v) is 15.0. The second-order valence-electron chi connectivity index (χ2n) is 7.23. The fourth-order valence-corrected chi connectivity index (χ4v) is 4.56. The average molecular weight is 342 g/mol. The molecule has 1 aromatic heterocycles. The van der Waals surface area contributed by atoms with Crippen molar-refractivity contribution in [1.82, 2.24) is 10.6 Å². The van der Waals surface area contributed by atoms with Crippen LogP contribution in [0.25, 0.3) is 0 Å². The van der Waals surface area contributed by atoms with Crippen LogP contribution in [0.2, 0.25) is 0 Å². The molecule has 23 heavy (non-hydrogen) atoms. The van der Waals surface area contributed by atoms with E-state index >= 15 is 0 Å². The Hall–Kier alpha value is -1.50. The summed E-state index contributed by atoms with van der Waals surface area (Å²) in [6.45, 7) is 8.04. The van der Waals surface area contributed by atoms with Crippen LogP contribution in [0.1, 0.15) is 51.2 Å². The molecule has 2 rings (SSSR count). The SMILES string of the molecule is Cc1ccc([C@@H](NC(=O)NC[C@H]2CCCS2(=O)=O)C(C)(C)C)o1. The molecule has 0 spiro atoms. The Morgan fingerprint density at radius 3 is 2.57 bits per heavy atom. The molecule has 0 saturated carbocycles. The van der Waals surface area contributed by atoms with Crippen molar-refractivity contribution in [3.63, 3.8) is 0 Å². The van der Waals surface area contributed by atoms with E-state index in [1.165, 1.54) is 0 Å². The predicted molar refractivity (Wildman–Crippen MR) is 89.0 cm³/mol. The van der Waals surface area contributed by atoms with Crippen LogP contribution in [-0.4, -0.2) is 32.0 Å². The van der Waals surface area contributed by atoms with Crippen molar-refractivity contribution in [1.29, 1.82) is 0 Å². The van der Waals surface area contributed by atoms with E-state index in [2.05, 4.69) is 10.6 Å². The third-order valence-corrected chi connectivity index (χ3v) is 6.42. The summed E-state index contributed by atoms with van der Waals surface area (Å²) in [7, 11) is -3.05. The number of amides is 2. The summed E-state index contributed by atoms with van der Waals surface area (Å²) in [5.41, 5.74) is -0.235. The number of hydrogen-bond donors (Lipinski definition) is 2. The highest BCUT2D eigenvalue weighted by atomic mass is 32.2. The van der Waals surface area contributed by atoms with Crippen molar-refractivity contribution < 1.29 is 17.6 Å². The maximum absolute atomic E-state index is 12.2. The molecule has 130 valence electrons. The molecule has 1 aromatic rings. The van der Waals surface area contributed by atoms with Gasteiger partial charge in [-0.1, -0.05) is 20.8 Å². The molecule has 2 N–H and O–H groups in total. The van der Waals surface area contributed by atoms with Crippen molar-refractivity contribution >= 4 is 15.9 Å². The zero-order chi connectivity index (χ0) is 17.3. The van der Waals surface area contributed by atoms with Gasteiger partial charge in [0, 0.05) is 6.54 Å². The molecule has 6 nitrogen and oxygen atoms in total. The summed E-state index contributed by atoms with van der Waals surface area (Å²) in [6.07, 6.45) is 1.29. The number of urea groups is 1. The van der Waals surface area contributed by atoms with E-state index in [0.717, 1.165) is 5.76 Å². The van der Waals surface area contributed by atoms with E-state index in [4.69, 9.17) is 4.42 Å². The van der Waals surface area contributed by atoms with E-state index < -0.39 is 15.1 Å². The number of aryl methyl sites for hydroxylation is 1. The van der Waals surface area contributed by atoms with Crippen molar-refractivity contribution in [2.24, 2.45) is 5.41 Å². The first-order chi connectivity index (χ1) is 10.6. The highest BCUT2D eigenvalue weighted by Crippen LogP contribution is 2.33. The molecule has 1 aliphatic rings. The minimum Gasteiger partial charge on any atom is -0.464 e. The van der Waals surface area contributed by atoms with E-state index in [0.29, 0.717) is 18.6 Å². The lowest BCUT2D eigenvalue weighted by atomic mass is 9.85. The van der Waals surface area contributed by atoms with Gasteiger partial charge in [0.1, 0.15) is 11.5 Å². The van der Waals surface area contributed by atoms with Gasteiger partial charge in [0.05, 0.1) is 17.0 Å². The normalized spacial score (nSPS) is 21.8. The summed E-state index contributed by atoms with van der Waals surface area (Å²) in [4.78, 5) is 12.2. The van der Waals surface area contributed by atoms with Crippen LogP contribution in [-0.2, 0) is 9.84 Å². The highest BCUT2D eigenvalue weighted by molar-refractivity contribution is 7.92. The monoisotopic (exact) mass is 342 g/mol. The average Bonchev–Trinajstić information content (AvgIpc) is 2.98. The standard InChI is InChI=1S/C16H26N2O4S/c1-11-7-8-13(22-11)14(16(2,3)4)18-15(19)17-10-12-6-5-9-23(12,20)21/h7-8,12,14H,5-6,9-10H2,1-4H3,(H2,17,18,19)/t12-,14-/m1/s1. The van der Waals surface area contributed by atoms with Gasteiger partial charge in [-0.25, -0.2) is 13.2 Å². The maximum atomic E-state index is 12.2. The predicted octanol–water partition coefficient (Wildman–Crippen LogP) is 2.55. The van der Waals surface area contributed by atoms with Crippen LogP contribution in [0, 0.1) is 12.3 Å². The minimum absolute atomic E-state index is 0.155. The van der Waals surface area contributed by atoms with Crippen LogP contribution in [0.15, 0.2) is 16.5 Å². The zero-order valence-electron chi connectivity index (χ0n) is 14.2. The lowest BCUT2D eigenvalue weighted by Crippen LogP contribution is -2.45. The smallest absolute Gasteiger partial charge is 0.315 e. The van der Waals surface area contributed by atoms with Crippen LogP contribution < -0.4 is 10.6 Å². The number of sulfone groups is 1. The van der Waals surface area contributed by atoms with Gasteiger partial charge in [0.25, 0.3) is 0 Å². The van der Waals surface area contributed by atoms with Crippen LogP contribution >= 0.6 is 0 Å². The van der Waals surface area contributed by atoms with Gasteiger partial charge in [-0.3, -0.25) is 0 Å². The summed E-state index contributed by atoms with van der Waals surface area (Å²) in [5, 5.41) is 5.12. The number of carbonyl (C=O) groups is 1. The van der Waals surface area contributed by atoms with Gasteiger partial charge >= 0.3 is 6.03 Å². The number of nitrogens with one attached hydrogen (secondary N) is 2. The first-order valence-electron chi connectivity index (χ1n) is 7.92. The van der Waals surface area contributed by atoms with Crippen molar-refractivity contribution in [3.8, 4) is 0 Å². The van der Waals surface area contributed by atoms with Gasteiger partial charge in [0.2, 0.25) is 0 Å². The molecule has 0 aromatic carbocycles. The Morgan fingerprint density at radius 1 is 1.39 bits per heavy atom. The van der Waals surface area contributed by atoms with Crippen molar-refractivity contribution in [2.75, 3.05) is 12.3 Å². The molecular formula is C16H26N2O4S. The van der Waals surface area contributed by atoms with Crippen molar-refractivity contribution in [3.05, 3.63) is 23.7 Å². The number of rotatable bonds is 4. The first kappa shape index (κ1) is 17.8. The molecule has 1 fully saturated rings. The number of carbonyl (C=O) groups excluding carboxylic acids is 1. The summed E-state index contributed by atoms with van der Waals surface area (Å²) < 4.78 is 29.2. The molecule has 0 unspecified atom stereocenters. The van der Waals surface area contributed by atoms with Gasteiger partial charge in [0.15, 0.2) is 9.84 Å². The fourth-order valence-electron chi connectivity index (χ4n) is 2.80. The fraction of sp³-hybridized carbons (Fsp3) is 0.688. The summed E-state index contributed by atoms with van der Waals surface area (Å²) in [6, 6.07) is 3.04. The Bertz CT molecular complexity index is 658. The number of hydrogen-bond acceptors (Lipinski definition) is 4. The lowest BCUT2D eigenvalue weighted by molar-refractivity contribution is 0.206. The third kappa shape index (κ3) is 4.50. The Morgan fingerprint density at radius 2 is 2.09 bits per heavy atom. The molecule has 2 amide bonds. The molecule has 1 saturated heterocycles. The van der Waals surface area contributed by atoms with E-state index in [-0.39, 0.29) is 29.8 Å². The molecule has 0 bridgehead atoms. The molecule has 2 heterocycles. The molecular weight excluding hydrogens is 316 g/mol. The minimum atomic E-state index is -3.05. The Labute approximate surface area is 137 Å². The summed E-state index contributed by atoms with van der Waals surface area (Å²) >= 11 is 0. The molecule has 0 aliphatic carbocycles. The second kappa shape index (κ2) is 6.55. The molecule has 2 atom stereocenters. The molecule has 0 radical (unpaired) electrons. The van der Waals surface area contributed by atoms with Gasteiger partial charge in [-0.2, -0.15) is 0 Å². The second-order valence-corrected chi connectivity index (χ2v) is 9.63.